The molecule has 1 aliphatic heterocycles. The fraction of sp³-hybridized carbons (Fsp3) is 0.409. The third kappa shape index (κ3) is 4.95. The highest BCUT2D eigenvalue weighted by molar-refractivity contribution is 5.82. The van der Waals surface area contributed by atoms with Gasteiger partial charge in [-0.15, -0.1) is 0 Å². The van der Waals surface area contributed by atoms with E-state index in [1.54, 1.807) is 21.3 Å². The van der Waals surface area contributed by atoms with E-state index in [1.165, 1.54) is 0 Å². The summed E-state index contributed by atoms with van der Waals surface area (Å²) in [5, 5.41) is 2.98. The Labute approximate surface area is 176 Å². The van der Waals surface area contributed by atoms with Gasteiger partial charge in [-0.25, -0.2) is 10.9 Å². The molecule has 0 aliphatic carbocycles. The zero-order valence-corrected chi connectivity index (χ0v) is 17.8. The maximum absolute atomic E-state index is 12.7. The largest absolute Gasteiger partial charge is 0.497 e. The quantitative estimate of drug-likeness (QED) is 0.579. The van der Waals surface area contributed by atoms with Crippen molar-refractivity contribution < 1.29 is 23.7 Å². The molecule has 0 bridgehead atoms. The number of ether oxygens (including phenoxy) is 4. The van der Waals surface area contributed by atoms with Crippen LogP contribution in [0.5, 0.6) is 23.0 Å². The van der Waals surface area contributed by atoms with E-state index in [-0.39, 0.29) is 18.0 Å². The van der Waals surface area contributed by atoms with E-state index in [0.717, 1.165) is 22.6 Å². The lowest BCUT2D eigenvalue weighted by atomic mass is 10.0. The summed E-state index contributed by atoms with van der Waals surface area (Å²) < 4.78 is 21.6. The van der Waals surface area contributed by atoms with Crippen molar-refractivity contribution >= 4 is 5.91 Å². The van der Waals surface area contributed by atoms with Gasteiger partial charge in [-0.1, -0.05) is 12.1 Å². The van der Waals surface area contributed by atoms with Gasteiger partial charge in [0, 0.05) is 18.2 Å². The molecule has 3 rings (SSSR count). The number of hydrogen-bond donors (Lipinski definition) is 3. The number of methoxy groups -OCH3 is 3. The first-order valence-corrected chi connectivity index (χ1v) is 9.90. The van der Waals surface area contributed by atoms with Crippen molar-refractivity contribution in [2.75, 3.05) is 27.9 Å². The molecule has 0 aromatic heterocycles. The molecular formula is C22H29N3O5. The molecule has 2 unspecified atom stereocenters. The molecule has 8 nitrogen and oxygen atoms in total. The minimum Gasteiger partial charge on any atom is -0.497 e. The Kier molecular flexibility index (Phi) is 7.37. The summed E-state index contributed by atoms with van der Waals surface area (Å²) in [6.45, 7) is 2.86. The molecule has 0 saturated carbocycles. The number of nitrogens with one attached hydrogen (secondary N) is 3. The lowest BCUT2D eigenvalue weighted by Gasteiger charge is -2.15. The lowest BCUT2D eigenvalue weighted by Crippen LogP contribution is -2.42. The van der Waals surface area contributed by atoms with Crippen LogP contribution in [0.4, 0.5) is 0 Å². The van der Waals surface area contributed by atoms with Crippen LogP contribution in [0.2, 0.25) is 0 Å². The fourth-order valence-corrected chi connectivity index (χ4v) is 3.45. The molecule has 162 valence electrons. The molecule has 8 heteroatoms. The molecule has 2 aromatic rings. The van der Waals surface area contributed by atoms with E-state index in [9.17, 15) is 4.79 Å². The first-order valence-electron chi connectivity index (χ1n) is 9.90. The molecular weight excluding hydrogens is 386 g/mol. The molecule has 1 saturated heterocycles. The van der Waals surface area contributed by atoms with Crippen LogP contribution in [0.3, 0.4) is 0 Å². The molecule has 30 heavy (non-hydrogen) atoms. The van der Waals surface area contributed by atoms with E-state index in [4.69, 9.17) is 18.9 Å². The van der Waals surface area contributed by atoms with Gasteiger partial charge in [-0.05, 0) is 37.1 Å². The summed E-state index contributed by atoms with van der Waals surface area (Å²) in [5.41, 5.74) is 8.17. The van der Waals surface area contributed by atoms with Crippen molar-refractivity contribution in [3.8, 4) is 23.0 Å². The Balaban J connectivity index is 1.60. The second-order valence-electron chi connectivity index (χ2n) is 6.87. The smallest absolute Gasteiger partial charge is 0.238 e. The maximum Gasteiger partial charge on any atom is 0.238 e. The minimum absolute atomic E-state index is 0.0489. The van der Waals surface area contributed by atoms with Crippen molar-refractivity contribution in [2.24, 2.45) is 0 Å². The van der Waals surface area contributed by atoms with Crippen molar-refractivity contribution in [3.05, 3.63) is 47.5 Å². The summed E-state index contributed by atoms with van der Waals surface area (Å²) in [6.07, 6.45) is 0.599. The van der Waals surface area contributed by atoms with E-state index in [1.807, 2.05) is 43.3 Å². The third-order valence-electron chi connectivity index (χ3n) is 5.03. The number of carbonyl (C=O) groups is 1. The minimum atomic E-state index is -0.355. The molecule has 0 spiro atoms. The van der Waals surface area contributed by atoms with Gasteiger partial charge in [-0.3, -0.25) is 4.79 Å². The van der Waals surface area contributed by atoms with Gasteiger partial charge in [0.2, 0.25) is 5.91 Å². The van der Waals surface area contributed by atoms with Crippen molar-refractivity contribution in [1.82, 2.24) is 16.2 Å². The van der Waals surface area contributed by atoms with Crippen LogP contribution in [0.15, 0.2) is 36.4 Å². The Morgan fingerprint density at radius 3 is 2.50 bits per heavy atom. The summed E-state index contributed by atoms with van der Waals surface area (Å²) in [5.74, 6) is 2.70. The van der Waals surface area contributed by atoms with E-state index in [0.29, 0.717) is 31.1 Å². The van der Waals surface area contributed by atoms with Crippen LogP contribution in [0.25, 0.3) is 0 Å². The van der Waals surface area contributed by atoms with Gasteiger partial charge in [0.1, 0.15) is 17.5 Å². The zero-order valence-electron chi connectivity index (χ0n) is 17.8. The monoisotopic (exact) mass is 415 g/mol. The number of rotatable bonds is 9. The van der Waals surface area contributed by atoms with Crippen LogP contribution in [-0.2, 0) is 11.3 Å². The first-order chi connectivity index (χ1) is 14.6. The Morgan fingerprint density at radius 1 is 1.00 bits per heavy atom. The molecule has 1 heterocycles. The SMILES string of the molecule is CCOc1cc(CNC(=O)C2CC(c3ccc(OC)cc3OC)NN2)ccc1OC. The van der Waals surface area contributed by atoms with Crippen LogP contribution in [0, 0.1) is 0 Å². The van der Waals surface area contributed by atoms with Gasteiger partial charge in [0.15, 0.2) is 11.5 Å². The van der Waals surface area contributed by atoms with Crippen molar-refractivity contribution in [1.29, 1.82) is 0 Å². The summed E-state index contributed by atoms with van der Waals surface area (Å²) in [7, 11) is 4.84. The van der Waals surface area contributed by atoms with Crippen LogP contribution in [0.1, 0.15) is 30.5 Å². The zero-order chi connectivity index (χ0) is 21.5. The predicted octanol–water partition coefficient (Wildman–Crippen LogP) is 2.34. The third-order valence-corrected chi connectivity index (χ3v) is 5.03. The lowest BCUT2D eigenvalue weighted by molar-refractivity contribution is -0.123. The normalized spacial score (nSPS) is 18.0. The van der Waals surface area contributed by atoms with Gasteiger partial charge in [-0.2, -0.15) is 0 Å². The van der Waals surface area contributed by atoms with Crippen LogP contribution < -0.4 is 35.1 Å². The Bertz CT molecular complexity index is 874. The standard InChI is InChI=1S/C22H29N3O5/c1-5-30-21-10-14(6-9-19(21)28-3)13-23-22(26)18-12-17(24-25-18)16-8-7-15(27-2)11-20(16)29-4/h6-11,17-18,24-25H,5,12-13H2,1-4H3,(H,23,26). The van der Waals surface area contributed by atoms with Crippen molar-refractivity contribution in [2.45, 2.75) is 32.0 Å². The first kappa shape index (κ1) is 21.7. The molecule has 1 aliphatic rings. The summed E-state index contributed by atoms with van der Waals surface area (Å²) in [4.78, 5) is 12.7. The summed E-state index contributed by atoms with van der Waals surface area (Å²) in [6, 6.07) is 10.9. The van der Waals surface area contributed by atoms with Gasteiger partial charge < -0.3 is 24.3 Å². The molecule has 1 fully saturated rings. The number of amides is 1. The van der Waals surface area contributed by atoms with E-state index < -0.39 is 0 Å². The fourth-order valence-electron chi connectivity index (χ4n) is 3.45. The Hall–Kier alpha value is -2.97. The predicted molar refractivity (Wildman–Crippen MR) is 113 cm³/mol. The van der Waals surface area contributed by atoms with E-state index in [2.05, 4.69) is 16.2 Å². The number of benzene rings is 2. The topological polar surface area (TPSA) is 90.1 Å². The van der Waals surface area contributed by atoms with E-state index >= 15 is 0 Å². The van der Waals surface area contributed by atoms with Crippen LogP contribution in [-0.4, -0.2) is 39.9 Å². The average Bonchev–Trinajstić information content (AvgIpc) is 3.27. The van der Waals surface area contributed by atoms with Crippen LogP contribution >= 0.6 is 0 Å². The molecule has 2 atom stereocenters. The number of carbonyl (C=O) groups excluding carboxylic acids is 1. The van der Waals surface area contributed by atoms with Gasteiger partial charge in [0.25, 0.3) is 0 Å². The highest BCUT2D eigenvalue weighted by Crippen LogP contribution is 2.33. The second-order valence-corrected chi connectivity index (χ2v) is 6.87. The number of hydrogen-bond acceptors (Lipinski definition) is 7. The molecule has 3 N–H and O–H groups in total. The average molecular weight is 415 g/mol. The second kappa shape index (κ2) is 10.2. The Morgan fingerprint density at radius 2 is 1.80 bits per heavy atom. The molecule has 0 radical (unpaired) electrons. The molecule has 1 amide bonds. The summed E-state index contributed by atoms with van der Waals surface area (Å²) >= 11 is 0. The highest BCUT2D eigenvalue weighted by Gasteiger charge is 2.31. The maximum atomic E-state index is 12.7. The van der Waals surface area contributed by atoms with Gasteiger partial charge >= 0.3 is 0 Å². The van der Waals surface area contributed by atoms with Gasteiger partial charge in [0.05, 0.1) is 34.0 Å². The number of hydrazine groups is 1. The molecule has 2 aromatic carbocycles. The van der Waals surface area contributed by atoms with Crippen molar-refractivity contribution in [3.63, 3.8) is 0 Å². The highest BCUT2D eigenvalue weighted by atomic mass is 16.5.